The van der Waals surface area contributed by atoms with E-state index < -0.39 is 21.3 Å². The Bertz CT molecular complexity index is 1210. The van der Waals surface area contributed by atoms with E-state index in [0.717, 1.165) is 49.8 Å². The molecule has 2 amide bonds. The first-order chi connectivity index (χ1) is 15.3. The zero-order chi connectivity index (χ0) is 22.5. The Morgan fingerprint density at radius 1 is 1.06 bits per heavy atom. The Labute approximate surface area is 187 Å². The number of anilines is 1. The van der Waals surface area contributed by atoms with Crippen molar-refractivity contribution in [2.24, 2.45) is 7.05 Å². The topological polar surface area (TPSA) is 101 Å². The van der Waals surface area contributed by atoms with E-state index in [2.05, 4.69) is 16.1 Å². The Hall–Kier alpha value is -2.65. The maximum atomic E-state index is 12.7. The summed E-state index contributed by atoms with van der Waals surface area (Å²) in [6.45, 7) is 1.26. The Balaban J connectivity index is 1.21. The molecule has 1 fully saturated rings. The van der Waals surface area contributed by atoms with Crippen molar-refractivity contribution in [3.05, 3.63) is 62.6 Å². The van der Waals surface area contributed by atoms with Crippen molar-refractivity contribution in [3.8, 4) is 0 Å². The zero-order valence-electron chi connectivity index (χ0n) is 18.2. The molecule has 0 bridgehead atoms. The summed E-state index contributed by atoms with van der Waals surface area (Å²) in [5, 5.41) is 2.26. The lowest BCUT2D eigenvalue weighted by Gasteiger charge is -2.38. The van der Waals surface area contributed by atoms with E-state index in [1.807, 2.05) is 4.90 Å². The average molecular weight is 457 g/mol. The number of carbonyl (C=O) groups is 1. The second-order valence-corrected chi connectivity index (χ2v) is 11.1. The van der Waals surface area contributed by atoms with E-state index in [4.69, 9.17) is 0 Å². The molecule has 0 unspecified atom stereocenters. The van der Waals surface area contributed by atoms with E-state index in [0.29, 0.717) is 19.6 Å². The number of pyridine rings is 1. The van der Waals surface area contributed by atoms with E-state index in [1.54, 1.807) is 19.3 Å². The number of urea groups is 1. The first-order valence-electron chi connectivity index (χ1n) is 11.2. The van der Waals surface area contributed by atoms with Crippen molar-refractivity contribution in [1.29, 1.82) is 0 Å². The third-order valence-electron chi connectivity index (χ3n) is 6.86. The number of nitrogens with one attached hydrogen (secondary N) is 2. The van der Waals surface area contributed by atoms with Crippen LogP contribution < -0.4 is 15.6 Å². The molecule has 1 saturated heterocycles. The summed E-state index contributed by atoms with van der Waals surface area (Å²) in [5.74, 6) is 0. The fourth-order valence-electron chi connectivity index (χ4n) is 5.17. The second-order valence-electron chi connectivity index (χ2n) is 9.14. The number of carbonyl (C=O) groups excluding carboxylic acids is 1. The van der Waals surface area contributed by atoms with Crippen molar-refractivity contribution >= 4 is 21.7 Å². The van der Waals surface area contributed by atoms with Crippen LogP contribution in [0.5, 0.6) is 0 Å². The van der Waals surface area contributed by atoms with Crippen LogP contribution in [0.4, 0.5) is 10.5 Å². The van der Waals surface area contributed by atoms with E-state index in [1.165, 1.54) is 32.9 Å². The molecule has 0 saturated carbocycles. The van der Waals surface area contributed by atoms with Gasteiger partial charge in [-0.1, -0.05) is 12.1 Å². The summed E-state index contributed by atoms with van der Waals surface area (Å²) in [4.78, 5) is 26.2. The molecular weight excluding hydrogens is 428 g/mol. The monoisotopic (exact) mass is 456 g/mol. The maximum Gasteiger partial charge on any atom is 0.332 e. The molecule has 1 aromatic heterocycles. The van der Waals surface area contributed by atoms with Crippen LogP contribution in [0.25, 0.3) is 0 Å². The summed E-state index contributed by atoms with van der Waals surface area (Å²) in [5.41, 5.74) is 6.62. The van der Waals surface area contributed by atoms with Crippen LogP contribution in [-0.4, -0.2) is 42.3 Å². The molecule has 0 atom stereocenters. The number of hydrogen-bond donors (Lipinski definition) is 2. The maximum absolute atomic E-state index is 12.7. The van der Waals surface area contributed by atoms with Crippen molar-refractivity contribution in [2.75, 3.05) is 18.4 Å². The lowest BCUT2D eigenvalue weighted by atomic mass is 9.99. The number of rotatable bonds is 5. The number of aryl methyl sites for hydroxylation is 3. The van der Waals surface area contributed by atoms with E-state index in [9.17, 15) is 18.0 Å². The Morgan fingerprint density at radius 2 is 1.72 bits per heavy atom. The van der Waals surface area contributed by atoms with Gasteiger partial charge in [-0.05, 0) is 66.3 Å². The van der Waals surface area contributed by atoms with Gasteiger partial charge in [0, 0.05) is 44.6 Å². The first-order valence-corrected chi connectivity index (χ1v) is 12.7. The van der Waals surface area contributed by atoms with Crippen molar-refractivity contribution in [1.82, 2.24) is 14.2 Å². The van der Waals surface area contributed by atoms with Gasteiger partial charge in [0.05, 0.1) is 0 Å². The SMILES string of the molecule is Cn1cc(CN2CC(S(=O)(=O)NC(=O)Nc3c4c(cc5c3CCC5)CCC4)C2)ccc1=O. The minimum Gasteiger partial charge on any atom is -0.318 e. The third kappa shape index (κ3) is 3.95. The van der Waals surface area contributed by atoms with Gasteiger partial charge in [-0.15, -0.1) is 0 Å². The van der Waals surface area contributed by atoms with Crippen molar-refractivity contribution < 1.29 is 13.2 Å². The molecule has 2 aromatic rings. The van der Waals surface area contributed by atoms with Gasteiger partial charge in [-0.3, -0.25) is 9.69 Å². The average Bonchev–Trinajstić information content (AvgIpc) is 3.35. The summed E-state index contributed by atoms with van der Waals surface area (Å²) in [7, 11) is -2.08. The minimum absolute atomic E-state index is 0.0808. The van der Waals surface area contributed by atoms with Gasteiger partial charge in [-0.2, -0.15) is 0 Å². The first kappa shape index (κ1) is 21.2. The highest BCUT2D eigenvalue weighted by Crippen LogP contribution is 2.38. The molecule has 1 aliphatic heterocycles. The molecule has 170 valence electrons. The third-order valence-corrected chi connectivity index (χ3v) is 8.51. The lowest BCUT2D eigenvalue weighted by Crippen LogP contribution is -2.58. The van der Waals surface area contributed by atoms with Gasteiger partial charge >= 0.3 is 6.03 Å². The largest absolute Gasteiger partial charge is 0.332 e. The van der Waals surface area contributed by atoms with Gasteiger partial charge in [-0.25, -0.2) is 17.9 Å². The van der Waals surface area contributed by atoms with Crippen LogP contribution in [0.3, 0.4) is 0 Å². The zero-order valence-corrected chi connectivity index (χ0v) is 19.0. The Morgan fingerprint density at radius 3 is 2.34 bits per heavy atom. The van der Waals surface area contributed by atoms with E-state index >= 15 is 0 Å². The minimum atomic E-state index is -3.77. The molecule has 3 aliphatic rings. The molecule has 0 spiro atoms. The molecule has 2 N–H and O–H groups in total. The normalized spacial score (nSPS) is 18.2. The number of benzene rings is 1. The molecule has 2 aliphatic carbocycles. The molecular formula is C23H28N4O4S. The molecule has 9 heteroatoms. The van der Waals surface area contributed by atoms with Gasteiger partial charge in [0.25, 0.3) is 0 Å². The van der Waals surface area contributed by atoms with Gasteiger partial charge in [0.2, 0.25) is 15.6 Å². The highest BCUT2D eigenvalue weighted by molar-refractivity contribution is 7.90. The fraction of sp³-hybridized carbons (Fsp3) is 0.478. The molecule has 5 rings (SSSR count). The van der Waals surface area contributed by atoms with Crippen LogP contribution in [0.1, 0.15) is 40.7 Å². The standard InChI is InChI=1S/C23H28N4O4S/c1-26-11-15(8-9-21(26)28)12-27-13-18(14-27)32(30,31)25-23(29)24-22-19-6-2-4-16(19)10-17-5-3-7-20(17)22/h8-11,18H,2-7,12-14H2,1H3,(H2,24,25,29). The van der Waals surface area contributed by atoms with E-state index in [-0.39, 0.29) is 5.56 Å². The molecule has 2 heterocycles. The molecule has 8 nitrogen and oxygen atoms in total. The number of hydrogen-bond acceptors (Lipinski definition) is 5. The smallest absolute Gasteiger partial charge is 0.318 e. The number of sulfonamides is 1. The van der Waals surface area contributed by atoms with Crippen LogP contribution in [0.15, 0.2) is 29.2 Å². The highest BCUT2D eigenvalue weighted by Gasteiger charge is 2.38. The van der Waals surface area contributed by atoms with Crippen LogP contribution in [0.2, 0.25) is 0 Å². The quantitative estimate of drug-likeness (QED) is 0.713. The van der Waals surface area contributed by atoms with Crippen LogP contribution in [-0.2, 0) is 49.3 Å². The number of amides is 2. The van der Waals surface area contributed by atoms with Crippen LogP contribution >= 0.6 is 0 Å². The predicted octanol–water partition coefficient (Wildman–Crippen LogP) is 1.70. The van der Waals surface area contributed by atoms with Crippen molar-refractivity contribution in [2.45, 2.75) is 50.3 Å². The molecule has 1 aromatic carbocycles. The van der Waals surface area contributed by atoms with Crippen LogP contribution in [0, 0.1) is 0 Å². The number of likely N-dealkylation sites (tertiary alicyclic amines) is 1. The number of aromatic nitrogens is 1. The highest BCUT2D eigenvalue weighted by atomic mass is 32.2. The number of nitrogens with zero attached hydrogens (tertiary/aromatic N) is 2. The lowest BCUT2D eigenvalue weighted by molar-refractivity contribution is 0.175. The Kier molecular flexibility index (Phi) is 5.33. The summed E-state index contributed by atoms with van der Waals surface area (Å²) in [6.07, 6.45) is 7.78. The predicted molar refractivity (Wildman–Crippen MR) is 122 cm³/mol. The van der Waals surface area contributed by atoms with Crippen molar-refractivity contribution in [3.63, 3.8) is 0 Å². The number of fused-ring (bicyclic) bond motifs is 2. The fourth-order valence-corrected chi connectivity index (χ4v) is 6.46. The molecule has 32 heavy (non-hydrogen) atoms. The van der Waals surface area contributed by atoms with Gasteiger partial charge in [0.1, 0.15) is 5.25 Å². The summed E-state index contributed by atoms with van der Waals surface area (Å²) < 4.78 is 29.2. The second kappa shape index (κ2) is 8.04. The van der Waals surface area contributed by atoms with Gasteiger partial charge in [0.15, 0.2) is 0 Å². The van der Waals surface area contributed by atoms with Gasteiger partial charge < -0.3 is 9.88 Å². The summed E-state index contributed by atoms with van der Waals surface area (Å²) in [6, 6.07) is 4.87. The molecule has 0 radical (unpaired) electrons. The summed E-state index contributed by atoms with van der Waals surface area (Å²) >= 11 is 0.